The lowest BCUT2D eigenvalue weighted by atomic mass is 10.1. The Kier molecular flexibility index (Phi) is 6.56. The predicted molar refractivity (Wildman–Crippen MR) is 124 cm³/mol. The summed E-state index contributed by atoms with van der Waals surface area (Å²) < 4.78 is 2.30. The third-order valence-corrected chi connectivity index (χ3v) is 5.92. The highest BCUT2D eigenvalue weighted by atomic mass is 79.9. The zero-order chi connectivity index (χ0) is 22.9. The number of halogens is 2. The lowest BCUT2D eigenvalue weighted by Gasteiger charge is -2.13. The summed E-state index contributed by atoms with van der Waals surface area (Å²) in [4.78, 5) is 41.8. The van der Waals surface area contributed by atoms with Crippen LogP contribution in [-0.2, 0) is 6.42 Å². The summed E-state index contributed by atoms with van der Waals surface area (Å²) in [6, 6.07) is 7.92. The van der Waals surface area contributed by atoms with E-state index in [4.69, 9.17) is 0 Å². The van der Waals surface area contributed by atoms with Gasteiger partial charge in [0.2, 0.25) is 5.88 Å². The maximum Gasteiger partial charge on any atom is 0.335 e. The van der Waals surface area contributed by atoms with E-state index in [1.165, 1.54) is 12.1 Å². The van der Waals surface area contributed by atoms with Gasteiger partial charge in [-0.2, -0.15) is 0 Å². The molecule has 0 spiro atoms. The monoisotopic (exact) mass is 550 g/mol. The fourth-order valence-electron chi connectivity index (χ4n) is 2.97. The number of hydrogen-bond donors (Lipinski definition) is 2. The van der Waals surface area contributed by atoms with Crippen LogP contribution < -0.4 is 11.2 Å². The highest BCUT2D eigenvalue weighted by molar-refractivity contribution is 9.10. The second kappa shape index (κ2) is 8.98. The van der Waals surface area contributed by atoms with Gasteiger partial charge in [0.25, 0.3) is 11.2 Å². The number of hydrogen-bond acceptors (Lipinski definition) is 6. The summed E-state index contributed by atoms with van der Waals surface area (Å²) in [5.74, 6) is -0.619. The van der Waals surface area contributed by atoms with E-state index in [9.17, 15) is 24.8 Å². The molecular weight excluding hydrogens is 536 g/mol. The van der Waals surface area contributed by atoms with Crippen molar-refractivity contribution in [2.75, 3.05) is 0 Å². The van der Waals surface area contributed by atoms with E-state index in [0.29, 0.717) is 22.1 Å². The maximum absolute atomic E-state index is 12.5. The topological polar surface area (TPSA) is 131 Å². The second-order valence-corrected chi connectivity index (χ2v) is 8.33. The molecule has 2 aromatic carbocycles. The Labute approximate surface area is 192 Å². The molecule has 0 saturated carbocycles. The number of nitrogens with zero attached hydrogens (tertiary/aromatic N) is 3. The van der Waals surface area contributed by atoms with Gasteiger partial charge < -0.3 is 5.11 Å². The molecule has 2 N–H and O–H groups in total. The van der Waals surface area contributed by atoms with Gasteiger partial charge in [-0.05, 0) is 48.7 Å². The number of benzene rings is 2. The summed E-state index contributed by atoms with van der Waals surface area (Å²) in [6.45, 7) is 3.62. The van der Waals surface area contributed by atoms with Gasteiger partial charge in [0.05, 0.1) is 10.6 Å². The zero-order valence-corrected chi connectivity index (χ0v) is 19.5. The van der Waals surface area contributed by atoms with Gasteiger partial charge in [-0.25, -0.2) is 14.4 Å². The molecular formula is C20H16Br2N4O5. The highest BCUT2D eigenvalue weighted by Crippen LogP contribution is 2.33. The van der Waals surface area contributed by atoms with Gasteiger partial charge in [-0.1, -0.05) is 38.8 Å². The molecule has 1 heterocycles. The van der Waals surface area contributed by atoms with E-state index in [2.05, 4.69) is 41.8 Å². The Balaban J connectivity index is 2.21. The summed E-state index contributed by atoms with van der Waals surface area (Å²) in [7, 11) is 0. The van der Waals surface area contributed by atoms with Crippen LogP contribution in [-0.4, -0.2) is 25.8 Å². The third kappa shape index (κ3) is 4.52. The van der Waals surface area contributed by atoms with E-state index < -0.39 is 22.1 Å². The minimum absolute atomic E-state index is 0.000129. The first-order chi connectivity index (χ1) is 14.6. The van der Waals surface area contributed by atoms with Crippen LogP contribution in [0.5, 0.6) is 5.88 Å². The molecule has 11 heteroatoms. The van der Waals surface area contributed by atoms with Crippen LogP contribution in [0.3, 0.4) is 0 Å². The van der Waals surface area contributed by atoms with Crippen molar-refractivity contribution in [1.29, 1.82) is 0 Å². The fraction of sp³-hybridized carbons (Fsp3) is 0.150. The molecule has 0 atom stereocenters. The maximum atomic E-state index is 12.5. The lowest BCUT2D eigenvalue weighted by molar-refractivity contribution is -0.384. The van der Waals surface area contributed by atoms with Gasteiger partial charge in [0.1, 0.15) is 11.3 Å². The fourth-order valence-corrected chi connectivity index (χ4v) is 3.71. The van der Waals surface area contributed by atoms with Crippen molar-refractivity contribution in [2.24, 2.45) is 4.99 Å². The Morgan fingerprint density at radius 2 is 1.97 bits per heavy atom. The third-order valence-electron chi connectivity index (χ3n) is 4.57. The molecule has 0 bridgehead atoms. The summed E-state index contributed by atoms with van der Waals surface area (Å²) in [5.41, 5.74) is -0.427. The lowest BCUT2D eigenvalue weighted by Crippen LogP contribution is -2.31. The first-order valence-electron chi connectivity index (χ1n) is 8.99. The number of nitro benzene ring substituents is 1. The van der Waals surface area contributed by atoms with Crippen LogP contribution >= 0.6 is 31.9 Å². The standard InChI is InChI=1S/C20H16Br2N4O5/c1-3-11-7-12(21)4-5-16(11)25-19(28)13(18(27)24-20(25)29)9-23-15-6-10(2)14(22)8-17(15)26(30)31/h4-9,28H,3H2,1-2H3,(H,24,27,29). The molecule has 0 aliphatic carbocycles. The first-order valence-corrected chi connectivity index (χ1v) is 10.6. The number of nitro groups is 1. The number of aromatic hydroxyl groups is 1. The van der Waals surface area contributed by atoms with Gasteiger partial charge >= 0.3 is 5.69 Å². The molecule has 31 heavy (non-hydrogen) atoms. The molecule has 0 amide bonds. The number of aromatic nitrogens is 2. The van der Waals surface area contributed by atoms with Gasteiger partial charge in [-0.15, -0.1) is 0 Å². The van der Waals surface area contributed by atoms with E-state index in [-0.39, 0.29) is 16.9 Å². The minimum atomic E-state index is -0.867. The Morgan fingerprint density at radius 3 is 2.61 bits per heavy atom. The number of aromatic amines is 1. The zero-order valence-electron chi connectivity index (χ0n) is 16.3. The van der Waals surface area contributed by atoms with Crippen molar-refractivity contribution in [3.05, 3.63) is 86.9 Å². The van der Waals surface area contributed by atoms with Crippen molar-refractivity contribution in [1.82, 2.24) is 9.55 Å². The van der Waals surface area contributed by atoms with E-state index in [1.807, 2.05) is 6.92 Å². The molecule has 160 valence electrons. The van der Waals surface area contributed by atoms with E-state index in [1.54, 1.807) is 25.1 Å². The minimum Gasteiger partial charge on any atom is -0.493 e. The van der Waals surface area contributed by atoms with Crippen LogP contribution in [0.15, 0.2) is 53.9 Å². The van der Waals surface area contributed by atoms with Crippen molar-refractivity contribution < 1.29 is 10.0 Å². The quantitative estimate of drug-likeness (QED) is 0.277. The van der Waals surface area contributed by atoms with Gasteiger partial charge in [0, 0.05) is 21.2 Å². The van der Waals surface area contributed by atoms with Crippen molar-refractivity contribution >= 4 is 49.4 Å². The molecule has 0 saturated heterocycles. The molecule has 1 aromatic heterocycles. The number of rotatable bonds is 5. The average molecular weight is 552 g/mol. The van der Waals surface area contributed by atoms with Crippen LogP contribution in [0.1, 0.15) is 23.6 Å². The van der Waals surface area contributed by atoms with E-state index >= 15 is 0 Å². The number of nitrogens with one attached hydrogen (secondary N) is 1. The number of H-pyrrole nitrogens is 1. The second-order valence-electron chi connectivity index (χ2n) is 6.56. The molecule has 0 aliphatic heterocycles. The summed E-state index contributed by atoms with van der Waals surface area (Å²) in [6.07, 6.45) is 1.57. The summed E-state index contributed by atoms with van der Waals surface area (Å²) in [5, 5.41) is 22.1. The largest absolute Gasteiger partial charge is 0.493 e. The average Bonchev–Trinajstić information content (AvgIpc) is 2.70. The molecule has 0 radical (unpaired) electrons. The molecule has 0 fully saturated rings. The van der Waals surface area contributed by atoms with Crippen molar-refractivity contribution in [3.8, 4) is 11.6 Å². The van der Waals surface area contributed by atoms with Crippen LogP contribution in [0.4, 0.5) is 11.4 Å². The van der Waals surface area contributed by atoms with Crippen LogP contribution in [0.2, 0.25) is 0 Å². The van der Waals surface area contributed by atoms with Crippen molar-refractivity contribution in [3.63, 3.8) is 0 Å². The SMILES string of the molecule is CCc1cc(Br)ccc1-n1c(O)c(C=Nc2cc(C)c(Br)cc2[N+](=O)[O-])c(=O)[nH]c1=O. The molecule has 0 aliphatic rings. The first kappa shape index (κ1) is 22.6. The van der Waals surface area contributed by atoms with Gasteiger partial charge in [-0.3, -0.25) is 19.9 Å². The van der Waals surface area contributed by atoms with Gasteiger partial charge in [0.15, 0.2) is 0 Å². The highest BCUT2D eigenvalue weighted by Gasteiger charge is 2.18. The molecule has 3 aromatic rings. The van der Waals surface area contributed by atoms with Crippen LogP contribution in [0.25, 0.3) is 5.69 Å². The number of aliphatic imine (C=N–C) groups is 1. The Hall–Kier alpha value is -3.05. The Morgan fingerprint density at radius 1 is 1.26 bits per heavy atom. The smallest absolute Gasteiger partial charge is 0.335 e. The number of aryl methyl sites for hydroxylation is 2. The Bertz CT molecular complexity index is 1340. The molecule has 0 unspecified atom stereocenters. The summed E-state index contributed by atoms with van der Waals surface area (Å²) >= 11 is 6.60. The van der Waals surface area contributed by atoms with Crippen LogP contribution in [0, 0.1) is 17.0 Å². The van der Waals surface area contributed by atoms with Crippen molar-refractivity contribution in [2.45, 2.75) is 20.3 Å². The predicted octanol–water partition coefficient (Wildman–Crippen LogP) is 4.29. The molecule has 9 nitrogen and oxygen atoms in total. The normalized spacial score (nSPS) is 11.2. The van der Waals surface area contributed by atoms with E-state index in [0.717, 1.165) is 20.8 Å². The molecule has 3 rings (SSSR count).